The van der Waals surface area contributed by atoms with Gasteiger partial charge in [-0.25, -0.2) is 4.79 Å². The molecule has 0 aromatic carbocycles. The van der Waals surface area contributed by atoms with Crippen LogP contribution in [0.2, 0.25) is 0 Å². The van der Waals surface area contributed by atoms with Crippen molar-refractivity contribution in [3.05, 3.63) is 0 Å². The molecule has 0 aliphatic carbocycles. The first-order valence-corrected chi connectivity index (χ1v) is 27.1. The molecule has 1 rings (SSSR count). The fourth-order valence-corrected chi connectivity index (χ4v) is 8.04. The highest BCUT2D eigenvalue weighted by Gasteiger charge is 2.39. The maximum atomic E-state index is 14.0. The molecular formula is C49H88N18O15. The molecule has 1 heterocycles. The molecule has 13 atom stereocenters. The SMILES string of the molecule is CC[C@H](C)[C@H](N)C(=O)NCC(=O)N1CCC[C@H]1C(=O)N[C@@H](CCCN=C(N)N)C(=O)N[C@H](C(=O)N[C@H](C(=O)N[C@@H](CCCN=C(N)N)C(=O)N[C@@H](C)C(=O)N[C@@H](CCC(N)=O)C(=O)NCC(=O)N[C@H](C(=O)O)[C@@H](C)CC)[C@@H](C)O)[C@@H](C)O. The Hall–Kier alpha value is -7.94. The van der Waals surface area contributed by atoms with E-state index in [1.54, 1.807) is 20.8 Å². The number of rotatable bonds is 37. The van der Waals surface area contributed by atoms with E-state index in [4.69, 9.17) is 34.4 Å². The van der Waals surface area contributed by atoms with Gasteiger partial charge in [-0.2, -0.15) is 0 Å². The summed E-state index contributed by atoms with van der Waals surface area (Å²) in [6, 6.07) is -13.0. The molecule has 0 unspecified atom stereocenters. The van der Waals surface area contributed by atoms with Crippen LogP contribution in [0.3, 0.4) is 0 Å². The van der Waals surface area contributed by atoms with E-state index in [9.17, 15) is 72.9 Å². The van der Waals surface area contributed by atoms with E-state index < -0.39 is 163 Å². The molecule has 464 valence electrons. The maximum absolute atomic E-state index is 14.0. The summed E-state index contributed by atoms with van der Waals surface area (Å²) >= 11 is 0. The van der Waals surface area contributed by atoms with Crippen LogP contribution in [0, 0.1) is 11.8 Å². The Bertz CT molecular complexity index is 2280. The van der Waals surface area contributed by atoms with Crippen molar-refractivity contribution in [1.29, 1.82) is 0 Å². The summed E-state index contributed by atoms with van der Waals surface area (Å²) in [5, 5.41) is 52.6. The minimum absolute atomic E-state index is 0.00156. The van der Waals surface area contributed by atoms with Gasteiger partial charge in [0.15, 0.2) is 11.9 Å². The number of aliphatic imine (C=N–C) groups is 2. The Labute approximate surface area is 475 Å². The molecule has 33 nitrogen and oxygen atoms in total. The number of hydrogen-bond donors (Lipinski definition) is 18. The zero-order chi connectivity index (χ0) is 62.6. The third kappa shape index (κ3) is 25.7. The van der Waals surface area contributed by atoms with Gasteiger partial charge in [-0.15, -0.1) is 0 Å². The first-order chi connectivity index (χ1) is 38.4. The number of hydrogen-bond acceptors (Lipinski definition) is 17. The number of carboxylic acids is 1. The molecule has 0 aromatic rings. The Kier molecular flexibility index (Phi) is 32.0. The molecular weight excluding hydrogens is 1080 g/mol. The fraction of sp³-hybridized carbons (Fsp3) is 0.714. The third-order valence-corrected chi connectivity index (χ3v) is 13.4. The number of nitrogens with two attached hydrogens (primary N) is 6. The Morgan fingerprint density at radius 3 is 1.54 bits per heavy atom. The Morgan fingerprint density at radius 2 is 1.04 bits per heavy atom. The van der Waals surface area contributed by atoms with Crippen molar-refractivity contribution in [2.24, 2.45) is 56.2 Å². The van der Waals surface area contributed by atoms with Crippen LogP contribution in [0.15, 0.2) is 9.98 Å². The van der Waals surface area contributed by atoms with Crippen LogP contribution in [0.25, 0.3) is 0 Å². The zero-order valence-electron chi connectivity index (χ0n) is 47.7. The van der Waals surface area contributed by atoms with Crippen molar-refractivity contribution in [3.63, 3.8) is 0 Å². The van der Waals surface area contributed by atoms with Crippen molar-refractivity contribution in [2.75, 3.05) is 32.7 Å². The third-order valence-electron chi connectivity index (χ3n) is 13.4. The minimum atomic E-state index is -1.90. The predicted molar refractivity (Wildman–Crippen MR) is 296 cm³/mol. The van der Waals surface area contributed by atoms with Gasteiger partial charge in [0.25, 0.3) is 0 Å². The van der Waals surface area contributed by atoms with Crippen LogP contribution in [-0.4, -0.2) is 202 Å². The van der Waals surface area contributed by atoms with Crippen LogP contribution in [0.4, 0.5) is 0 Å². The second-order valence-corrected chi connectivity index (χ2v) is 20.1. The number of aliphatic carboxylic acids is 1. The number of carboxylic acid groups (broad SMARTS) is 1. The quantitative estimate of drug-likeness (QED) is 0.0156. The first-order valence-electron chi connectivity index (χ1n) is 27.1. The van der Waals surface area contributed by atoms with E-state index >= 15 is 0 Å². The van der Waals surface area contributed by atoms with Gasteiger partial charge in [0.05, 0.1) is 31.3 Å². The van der Waals surface area contributed by atoms with Crippen LogP contribution >= 0.6 is 0 Å². The van der Waals surface area contributed by atoms with Gasteiger partial charge in [-0.05, 0) is 77.6 Å². The molecule has 82 heavy (non-hydrogen) atoms. The molecule has 0 saturated carbocycles. The summed E-state index contributed by atoms with van der Waals surface area (Å²) in [5.41, 5.74) is 33.1. The lowest BCUT2D eigenvalue weighted by Crippen LogP contribution is -2.63. The lowest BCUT2D eigenvalue weighted by atomic mass is 9.99. The van der Waals surface area contributed by atoms with E-state index in [-0.39, 0.29) is 76.0 Å². The molecule has 1 aliphatic rings. The average Bonchev–Trinajstić information content (AvgIpc) is 3.93. The number of aliphatic hydroxyl groups excluding tert-OH is 2. The first kappa shape index (κ1) is 72.1. The minimum Gasteiger partial charge on any atom is -0.480 e. The summed E-state index contributed by atoms with van der Waals surface area (Å²) in [6.07, 6.45) is -2.82. The van der Waals surface area contributed by atoms with Gasteiger partial charge in [-0.1, -0.05) is 40.5 Å². The van der Waals surface area contributed by atoms with Gasteiger partial charge in [-0.3, -0.25) is 62.7 Å². The summed E-state index contributed by atoms with van der Waals surface area (Å²) in [6.45, 7) is 9.32. The fourth-order valence-electron chi connectivity index (χ4n) is 8.04. The van der Waals surface area contributed by atoms with Crippen molar-refractivity contribution in [1.82, 2.24) is 52.8 Å². The standard InChI is InChI=1S/C49H88N18O15/c1-8-23(3)35(51)44(78)59-22-34(72)67-20-12-15-31(67)43(77)62-29(14-11-19-57-49(54)55)42(76)65-38(27(7)69)46(80)66-37(26(6)68)45(79)63-28(13-10-18-56-48(52)53)41(75)60-25(5)39(73)61-30(16-17-32(50)70)40(74)58-21-33(71)64-36(47(81)82)24(4)9-2/h23-31,35-38,68-69H,8-22,51H2,1-7H3,(H2,50,70)(H,58,74)(H,59,78)(H,60,75)(H,61,73)(H,62,77)(H,63,79)(H,64,71)(H,65,76)(H,66,80)(H,81,82)(H4,52,53,56)(H4,54,55,57)/t23-,24-,25-,26+,27+,28-,29-,30-,31-,35-,36-,37-,38-/m0/s1. The molecule has 1 fully saturated rings. The Morgan fingerprint density at radius 1 is 0.561 bits per heavy atom. The van der Waals surface area contributed by atoms with E-state index in [0.29, 0.717) is 19.3 Å². The highest BCUT2D eigenvalue weighted by atomic mass is 16.4. The number of nitrogens with one attached hydrogen (secondary N) is 9. The van der Waals surface area contributed by atoms with Crippen LogP contribution in [0.1, 0.15) is 113 Å². The number of carbonyl (C=O) groups is 12. The molecule has 1 aliphatic heterocycles. The monoisotopic (exact) mass is 1170 g/mol. The largest absolute Gasteiger partial charge is 0.480 e. The molecule has 1 saturated heterocycles. The van der Waals surface area contributed by atoms with E-state index in [1.807, 2.05) is 6.92 Å². The lowest BCUT2D eigenvalue weighted by molar-refractivity contribution is -0.143. The van der Waals surface area contributed by atoms with Crippen LogP contribution in [0.5, 0.6) is 0 Å². The van der Waals surface area contributed by atoms with Crippen LogP contribution in [-0.2, 0) is 57.5 Å². The van der Waals surface area contributed by atoms with Crippen molar-refractivity contribution >= 4 is 82.9 Å². The second-order valence-electron chi connectivity index (χ2n) is 20.1. The van der Waals surface area contributed by atoms with Gasteiger partial charge >= 0.3 is 5.97 Å². The van der Waals surface area contributed by atoms with Gasteiger partial charge < -0.3 is 102 Å². The van der Waals surface area contributed by atoms with Gasteiger partial charge in [0.1, 0.15) is 48.3 Å². The molecule has 0 bridgehead atoms. The molecule has 0 spiro atoms. The maximum Gasteiger partial charge on any atom is 0.326 e. The second kappa shape index (κ2) is 36.4. The molecule has 11 amide bonds. The number of amides is 11. The molecule has 24 N–H and O–H groups in total. The van der Waals surface area contributed by atoms with Gasteiger partial charge in [0.2, 0.25) is 65.0 Å². The summed E-state index contributed by atoms with van der Waals surface area (Å²) in [5.74, 6) is -12.5. The predicted octanol–water partition coefficient (Wildman–Crippen LogP) is -7.74. The number of likely N-dealkylation sites (tertiary alicyclic amines) is 1. The lowest BCUT2D eigenvalue weighted by Gasteiger charge is -2.29. The normalized spacial score (nSPS) is 17.2. The zero-order valence-corrected chi connectivity index (χ0v) is 47.7. The molecule has 0 aromatic heterocycles. The smallest absolute Gasteiger partial charge is 0.326 e. The summed E-state index contributed by atoms with van der Waals surface area (Å²) in [4.78, 5) is 167. The number of guanidine groups is 2. The van der Waals surface area contributed by atoms with E-state index in [1.165, 1.54) is 11.8 Å². The van der Waals surface area contributed by atoms with Crippen molar-refractivity contribution in [2.45, 2.75) is 179 Å². The topological polar surface area (TPSA) is 558 Å². The van der Waals surface area contributed by atoms with Crippen molar-refractivity contribution in [3.8, 4) is 0 Å². The molecule has 33 heteroatoms. The highest BCUT2D eigenvalue weighted by Crippen LogP contribution is 2.19. The average molecular weight is 1170 g/mol. The number of nitrogens with zero attached hydrogens (tertiary/aromatic N) is 3. The van der Waals surface area contributed by atoms with Crippen molar-refractivity contribution < 1.29 is 72.9 Å². The highest BCUT2D eigenvalue weighted by molar-refractivity contribution is 5.99. The van der Waals surface area contributed by atoms with Crippen LogP contribution < -0.4 is 82.3 Å². The number of carbonyl (C=O) groups excluding carboxylic acids is 11. The van der Waals surface area contributed by atoms with E-state index in [2.05, 4.69) is 57.8 Å². The Balaban J connectivity index is 3.35. The number of aliphatic hydroxyl groups is 2. The summed E-state index contributed by atoms with van der Waals surface area (Å²) < 4.78 is 0. The number of primary amides is 1. The van der Waals surface area contributed by atoms with E-state index in [0.717, 1.165) is 13.8 Å². The van der Waals surface area contributed by atoms with Gasteiger partial charge in [0, 0.05) is 26.1 Å². The molecule has 0 radical (unpaired) electrons. The summed E-state index contributed by atoms with van der Waals surface area (Å²) in [7, 11) is 0.